The molecule has 0 radical (unpaired) electrons. The summed E-state index contributed by atoms with van der Waals surface area (Å²) in [4.78, 5) is 19.2. The highest BCUT2D eigenvalue weighted by Crippen LogP contribution is 2.09. The van der Waals surface area contributed by atoms with Gasteiger partial charge in [0.25, 0.3) is 5.91 Å². The Balaban J connectivity index is 2.17. The van der Waals surface area contributed by atoms with Gasteiger partial charge in [-0.05, 0) is 31.2 Å². The number of anilines is 1. The molecule has 1 N–H and O–H groups in total. The van der Waals surface area contributed by atoms with Crippen molar-refractivity contribution in [1.82, 2.24) is 9.97 Å². The Morgan fingerprint density at radius 2 is 2.18 bits per heavy atom. The topological polar surface area (TPSA) is 54.9 Å². The summed E-state index contributed by atoms with van der Waals surface area (Å²) in [7, 11) is 0. The summed E-state index contributed by atoms with van der Waals surface area (Å²) in [6, 6.07) is 7.45. The molecule has 17 heavy (non-hydrogen) atoms. The Morgan fingerprint density at radius 3 is 2.88 bits per heavy atom. The van der Waals surface area contributed by atoms with Crippen LogP contribution in [-0.2, 0) is 0 Å². The largest absolute Gasteiger partial charge is 0.321 e. The average molecular weight is 231 g/mol. The van der Waals surface area contributed by atoms with Crippen molar-refractivity contribution in [1.29, 1.82) is 0 Å². The minimum Gasteiger partial charge on any atom is -0.321 e. The number of nitrogens with one attached hydrogen (secondary N) is 1. The zero-order valence-electron chi connectivity index (χ0n) is 9.14. The summed E-state index contributed by atoms with van der Waals surface area (Å²) in [5, 5.41) is 2.62. The van der Waals surface area contributed by atoms with E-state index >= 15 is 0 Å². The molecule has 2 aromatic heterocycles. The first-order chi connectivity index (χ1) is 8.15. The van der Waals surface area contributed by atoms with Gasteiger partial charge in [-0.3, -0.25) is 9.78 Å². The molecule has 0 aliphatic rings. The molecule has 2 aromatic rings. The van der Waals surface area contributed by atoms with Crippen LogP contribution >= 0.6 is 0 Å². The summed E-state index contributed by atoms with van der Waals surface area (Å²) in [5.74, 6) is -1.13. The number of nitrogens with zero attached hydrogens (tertiary/aromatic N) is 2. The highest BCUT2D eigenvalue weighted by Gasteiger charge is 2.08. The summed E-state index contributed by atoms with van der Waals surface area (Å²) in [6.07, 6.45) is 1.59. The summed E-state index contributed by atoms with van der Waals surface area (Å²) in [6.45, 7) is 1.82. The van der Waals surface area contributed by atoms with Crippen LogP contribution < -0.4 is 5.32 Å². The fourth-order valence-corrected chi connectivity index (χ4v) is 1.35. The van der Waals surface area contributed by atoms with Crippen molar-refractivity contribution in [2.75, 3.05) is 5.32 Å². The molecule has 0 atom stereocenters. The summed E-state index contributed by atoms with van der Waals surface area (Å²) >= 11 is 0. The first-order valence-corrected chi connectivity index (χ1v) is 5.02. The first kappa shape index (κ1) is 11.2. The first-order valence-electron chi connectivity index (χ1n) is 5.02. The molecule has 2 rings (SSSR count). The zero-order chi connectivity index (χ0) is 12.3. The van der Waals surface area contributed by atoms with Gasteiger partial charge in [0, 0.05) is 17.6 Å². The molecule has 0 unspecified atom stereocenters. The van der Waals surface area contributed by atoms with Crippen molar-refractivity contribution in [2.45, 2.75) is 6.92 Å². The van der Waals surface area contributed by atoms with Gasteiger partial charge in [-0.1, -0.05) is 6.07 Å². The van der Waals surface area contributed by atoms with Crippen molar-refractivity contribution in [3.05, 3.63) is 53.9 Å². The van der Waals surface area contributed by atoms with Gasteiger partial charge in [0.2, 0.25) is 5.95 Å². The molecule has 0 fully saturated rings. The molecular formula is C12H10FN3O. The number of pyridine rings is 2. The van der Waals surface area contributed by atoms with Crippen LogP contribution in [0.2, 0.25) is 0 Å². The maximum Gasteiger partial charge on any atom is 0.274 e. The molecule has 86 valence electrons. The number of aromatic nitrogens is 2. The van der Waals surface area contributed by atoms with E-state index in [2.05, 4.69) is 15.3 Å². The standard InChI is InChI=1S/C12H10FN3O/c1-8-7-9(5-6-14-8)15-12(17)10-3-2-4-11(13)16-10/h2-7H,1H3,(H,14,15,17). The van der Waals surface area contributed by atoms with Crippen molar-refractivity contribution in [3.8, 4) is 0 Å². The van der Waals surface area contributed by atoms with Gasteiger partial charge in [-0.15, -0.1) is 0 Å². The number of carbonyl (C=O) groups excluding carboxylic acids is 1. The number of amides is 1. The smallest absolute Gasteiger partial charge is 0.274 e. The van der Waals surface area contributed by atoms with E-state index in [-0.39, 0.29) is 5.69 Å². The Hall–Kier alpha value is -2.30. The van der Waals surface area contributed by atoms with Crippen LogP contribution in [0.4, 0.5) is 10.1 Å². The lowest BCUT2D eigenvalue weighted by Crippen LogP contribution is -2.14. The lowest BCUT2D eigenvalue weighted by molar-refractivity contribution is 0.102. The van der Waals surface area contributed by atoms with E-state index in [1.54, 1.807) is 18.3 Å². The molecule has 0 aliphatic heterocycles. The van der Waals surface area contributed by atoms with Crippen LogP contribution in [0, 0.1) is 12.9 Å². The molecular weight excluding hydrogens is 221 g/mol. The van der Waals surface area contributed by atoms with E-state index in [1.807, 2.05) is 6.92 Å². The van der Waals surface area contributed by atoms with Gasteiger partial charge in [0.05, 0.1) is 0 Å². The van der Waals surface area contributed by atoms with Crippen LogP contribution in [0.1, 0.15) is 16.2 Å². The normalized spacial score (nSPS) is 10.0. The fourth-order valence-electron chi connectivity index (χ4n) is 1.35. The second-order valence-corrected chi connectivity index (χ2v) is 3.49. The molecule has 4 nitrogen and oxygen atoms in total. The lowest BCUT2D eigenvalue weighted by atomic mass is 10.3. The Labute approximate surface area is 97.5 Å². The maximum absolute atomic E-state index is 12.8. The number of aryl methyl sites for hydroxylation is 1. The molecule has 1 amide bonds. The second-order valence-electron chi connectivity index (χ2n) is 3.49. The Morgan fingerprint density at radius 1 is 1.35 bits per heavy atom. The monoisotopic (exact) mass is 231 g/mol. The summed E-state index contributed by atoms with van der Waals surface area (Å²) < 4.78 is 12.8. The van der Waals surface area contributed by atoms with Gasteiger partial charge in [-0.2, -0.15) is 4.39 Å². The molecule has 0 aliphatic carbocycles. The van der Waals surface area contributed by atoms with Crippen LogP contribution in [0.5, 0.6) is 0 Å². The van der Waals surface area contributed by atoms with Crippen LogP contribution in [0.3, 0.4) is 0 Å². The zero-order valence-corrected chi connectivity index (χ0v) is 9.14. The maximum atomic E-state index is 12.8. The number of carbonyl (C=O) groups is 1. The van der Waals surface area contributed by atoms with Gasteiger partial charge in [-0.25, -0.2) is 4.98 Å². The van der Waals surface area contributed by atoms with Crippen molar-refractivity contribution < 1.29 is 9.18 Å². The van der Waals surface area contributed by atoms with E-state index in [0.717, 1.165) is 5.69 Å². The number of halogens is 1. The van der Waals surface area contributed by atoms with E-state index in [1.165, 1.54) is 18.2 Å². The molecule has 2 heterocycles. The fraction of sp³-hybridized carbons (Fsp3) is 0.0833. The predicted molar refractivity (Wildman–Crippen MR) is 61.1 cm³/mol. The van der Waals surface area contributed by atoms with E-state index in [0.29, 0.717) is 5.69 Å². The van der Waals surface area contributed by atoms with Gasteiger partial charge in [0.1, 0.15) is 5.69 Å². The van der Waals surface area contributed by atoms with E-state index in [4.69, 9.17) is 0 Å². The summed E-state index contributed by atoms with van der Waals surface area (Å²) in [5.41, 5.74) is 1.43. The molecule has 0 aromatic carbocycles. The van der Waals surface area contributed by atoms with E-state index < -0.39 is 11.9 Å². The number of hydrogen-bond acceptors (Lipinski definition) is 3. The quantitative estimate of drug-likeness (QED) is 0.806. The molecule has 0 spiro atoms. The van der Waals surface area contributed by atoms with Crippen LogP contribution in [0.25, 0.3) is 0 Å². The Kier molecular flexibility index (Phi) is 3.09. The Bertz CT molecular complexity index is 557. The highest BCUT2D eigenvalue weighted by atomic mass is 19.1. The lowest BCUT2D eigenvalue weighted by Gasteiger charge is -2.04. The number of hydrogen-bond donors (Lipinski definition) is 1. The molecule has 0 saturated heterocycles. The minimum atomic E-state index is -0.677. The highest BCUT2D eigenvalue weighted by molar-refractivity contribution is 6.02. The number of rotatable bonds is 2. The average Bonchev–Trinajstić information content (AvgIpc) is 2.29. The van der Waals surface area contributed by atoms with Gasteiger partial charge >= 0.3 is 0 Å². The minimum absolute atomic E-state index is 0.0412. The third kappa shape index (κ3) is 2.84. The van der Waals surface area contributed by atoms with Crippen molar-refractivity contribution in [2.24, 2.45) is 0 Å². The van der Waals surface area contributed by atoms with Crippen molar-refractivity contribution in [3.63, 3.8) is 0 Å². The SMILES string of the molecule is Cc1cc(NC(=O)c2cccc(F)n2)ccn1. The third-order valence-electron chi connectivity index (χ3n) is 2.10. The van der Waals surface area contributed by atoms with Crippen LogP contribution in [-0.4, -0.2) is 15.9 Å². The third-order valence-corrected chi connectivity index (χ3v) is 2.10. The van der Waals surface area contributed by atoms with Crippen molar-refractivity contribution >= 4 is 11.6 Å². The van der Waals surface area contributed by atoms with Gasteiger partial charge in [0.15, 0.2) is 0 Å². The molecule has 0 bridgehead atoms. The van der Waals surface area contributed by atoms with Gasteiger partial charge < -0.3 is 5.32 Å². The molecule has 0 saturated carbocycles. The second kappa shape index (κ2) is 4.69. The van der Waals surface area contributed by atoms with Crippen LogP contribution in [0.15, 0.2) is 36.5 Å². The predicted octanol–water partition coefficient (Wildman–Crippen LogP) is 2.18. The molecule has 5 heteroatoms. The van der Waals surface area contributed by atoms with E-state index in [9.17, 15) is 9.18 Å².